The minimum atomic E-state index is -1.26. The number of carbonyl (C=O) groups excluding carboxylic acids is 2. The van der Waals surface area contributed by atoms with Crippen LogP contribution in [0.3, 0.4) is 0 Å². The average molecular weight is 225 g/mol. The number of carboxylic acid groups (broad SMARTS) is 1. The molecule has 4 nitrogen and oxygen atoms in total. The molecule has 0 atom stereocenters. The fraction of sp³-hybridized carbons (Fsp3) is 0.200. The van der Waals surface area contributed by atoms with E-state index in [4.69, 9.17) is 4.74 Å². The van der Waals surface area contributed by atoms with Crippen LogP contribution in [-0.2, 0) is 4.79 Å². The molecule has 0 aliphatic heterocycles. The highest BCUT2D eigenvalue weighted by Gasteiger charge is 2.03. The summed E-state index contributed by atoms with van der Waals surface area (Å²) in [5.74, 6) is -0.933. The fourth-order valence-electron chi connectivity index (χ4n) is 0.933. The van der Waals surface area contributed by atoms with E-state index in [2.05, 4.69) is 12.6 Å². The first kappa shape index (κ1) is 11.6. The van der Waals surface area contributed by atoms with Gasteiger partial charge in [-0.05, 0) is 29.8 Å². The van der Waals surface area contributed by atoms with Crippen molar-refractivity contribution >= 4 is 24.6 Å². The molecule has 0 N–H and O–H groups in total. The Morgan fingerprint density at radius 1 is 1.27 bits per heavy atom. The van der Waals surface area contributed by atoms with Crippen molar-refractivity contribution in [2.24, 2.45) is 0 Å². The molecule has 0 radical (unpaired) electrons. The summed E-state index contributed by atoms with van der Waals surface area (Å²) in [5, 5.41) is 10.4. The largest absolute Gasteiger partial charge is 0.545 e. The third-order valence-corrected chi connectivity index (χ3v) is 1.86. The molecule has 0 unspecified atom stereocenters. The first-order valence-electron chi connectivity index (χ1n) is 4.26. The monoisotopic (exact) mass is 225 g/mol. The van der Waals surface area contributed by atoms with Gasteiger partial charge in [0.05, 0.1) is 12.4 Å². The Morgan fingerprint density at radius 2 is 1.87 bits per heavy atom. The summed E-state index contributed by atoms with van der Waals surface area (Å²) in [6.45, 7) is 0. The second-order valence-electron chi connectivity index (χ2n) is 2.76. The number of carbonyl (C=O) groups is 2. The van der Waals surface area contributed by atoms with Crippen molar-refractivity contribution in [3.8, 4) is 5.75 Å². The Hall–Kier alpha value is -1.49. The van der Waals surface area contributed by atoms with Crippen LogP contribution in [0.2, 0.25) is 0 Å². The number of aromatic carboxylic acids is 1. The third kappa shape index (κ3) is 3.63. The molecule has 0 aliphatic carbocycles. The lowest BCUT2D eigenvalue weighted by Crippen LogP contribution is -2.22. The first-order valence-corrected chi connectivity index (χ1v) is 4.89. The van der Waals surface area contributed by atoms with Crippen LogP contribution in [0.15, 0.2) is 24.3 Å². The Morgan fingerprint density at radius 3 is 2.33 bits per heavy atom. The van der Waals surface area contributed by atoms with Gasteiger partial charge in [0.1, 0.15) is 5.75 Å². The van der Waals surface area contributed by atoms with Gasteiger partial charge in [0.15, 0.2) is 0 Å². The van der Waals surface area contributed by atoms with Crippen molar-refractivity contribution in [2.75, 3.05) is 5.75 Å². The zero-order chi connectivity index (χ0) is 11.3. The zero-order valence-electron chi connectivity index (χ0n) is 7.80. The number of hydrogen-bond acceptors (Lipinski definition) is 5. The molecule has 1 aromatic carbocycles. The SMILES string of the molecule is O=C(CCS)Oc1ccc(C(=O)[O-])cc1. The molecular weight excluding hydrogens is 216 g/mol. The number of esters is 1. The standard InChI is InChI=1S/C10H10O4S/c11-9(5-6-15)14-8-3-1-7(2-4-8)10(12)13/h1-4,15H,5-6H2,(H,12,13)/p-1. The van der Waals surface area contributed by atoms with Gasteiger partial charge in [0, 0.05) is 5.75 Å². The van der Waals surface area contributed by atoms with Crippen molar-refractivity contribution in [1.82, 2.24) is 0 Å². The van der Waals surface area contributed by atoms with Gasteiger partial charge in [-0.3, -0.25) is 4.79 Å². The number of benzene rings is 1. The molecule has 0 spiro atoms. The predicted molar refractivity (Wildman–Crippen MR) is 54.9 cm³/mol. The number of rotatable bonds is 4. The zero-order valence-corrected chi connectivity index (χ0v) is 8.70. The minimum absolute atomic E-state index is 0.0454. The summed E-state index contributed by atoms with van der Waals surface area (Å²) in [5.41, 5.74) is 0.0454. The van der Waals surface area contributed by atoms with E-state index >= 15 is 0 Å². The van der Waals surface area contributed by atoms with Gasteiger partial charge in [0.25, 0.3) is 0 Å². The van der Waals surface area contributed by atoms with E-state index in [-0.39, 0.29) is 12.0 Å². The number of thiol groups is 1. The van der Waals surface area contributed by atoms with Gasteiger partial charge in [-0.15, -0.1) is 0 Å². The molecule has 80 valence electrons. The lowest BCUT2D eigenvalue weighted by atomic mass is 10.2. The van der Waals surface area contributed by atoms with Crippen LogP contribution in [-0.4, -0.2) is 17.7 Å². The minimum Gasteiger partial charge on any atom is -0.545 e. The van der Waals surface area contributed by atoms with E-state index in [1.165, 1.54) is 24.3 Å². The van der Waals surface area contributed by atoms with Gasteiger partial charge in [-0.1, -0.05) is 0 Å². The topological polar surface area (TPSA) is 66.4 Å². The lowest BCUT2D eigenvalue weighted by Gasteiger charge is -2.05. The second-order valence-corrected chi connectivity index (χ2v) is 3.21. The normalized spacial score (nSPS) is 9.67. The Balaban J connectivity index is 2.64. The molecule has 0 aliphatic rings. The molecule has 0 saturated heterocycles. The Bertz CT molecular complexity index is 358. The molecule has 1 aromatic rings. The van der Waals surface area contributed by atoms with E-state index < -0.39 is 11.9 Å². The Labute approximate surface area is 92.3 Å². The number of hydrogen-bond donors (Lipinski definition) is 1. The Kier molecular flexibility index (Phi) is 4.17. The average Bonchev–Trinajstić information content (AvgIpc) is 2.18. The highest BCUT2D eigenvalue weighted by Crippen LogP contribution is 2.12. The molecule has 0 fully saturated rings. The van der Waals surface area contributed by atoms with Gasteiger partial charge in [-0.25, -0.2) is 0 Å². The smallest absolute Gasteiger partial charge is 0.312 e. The molecule has 5 heteroatoms. The van der Waals surface area contributed by atoms with E-state index in [1.807, 2.05) is 0 Å². The van der Waals surface area contributed by atoms with Crippen molar-refractivity contribution in [3.63, 3.8) is 0 Å². The van der Waals surface area contributed by atoms with Gasteiger partial charge in [-0.2, -0.15) is 12.6 Å². The fourth-order valence-corrected chi connectivity index (χ4v) is 1.12. The van der Waals surface area contributed by atoms with Crippen molar-refractivity contribution in [3.05, 3.63) is 29.8 Å². The molecular formula is C10H9O4S-. The molecule has 15 heavy (non-hydrogen) atoms. The van der Waals surface area contributed by atoms with E-state index in [1.54, 1.807) is 0 Å². The summed E-state index contributed by atoms with van der Waals surface area (Å²) < 4.78 is 4.89. The van der Waals surface area contributed by atoms with Crippen LogP contribution < -0.4 is 9.84 Å². The van der Waals surface area contributed by atoms with Gasteiger partial charge < -0.3 is 14.6 Å². The quantitative estimate of drug-likeness (QED) is 0.454. The van der Waals surface area contributed by atoms with Crippen molar-refractivity contribution in [2.45, 2.75) is 6.42 Å². The number of carboxylic acids is 1. The maximum Gasteiger partial charge on any atom is 0.312 e. The van der Waals surface area contributed by atoms with E-state index in [9.17, 15) is 14.7 Å². The maximum absolute atomic E-state index is 11.0. The van der Waals surface area contributed by atoms with Crippen molar-refractivity contribution < 1.29 is 19.4 Å². The predicted octanol–water partition coefficient (Wildman–Crippen LogP) is 0.275. The summed E-state index contributed by atoms with van der Waals surface area (Å²) in [6.07, 6.45) is 0.214. The van der Waals surface area contributed by atoms with Crippen LogP contribution in [0.4, 0.5) is 0 Å². The van der Waals surface area contributed by atoms with E-state index in [0.717, 1.165) is 0 Å². The highest BCUT2D eigenvalue weighted by molar-refractivity contribution is 7.80. The van der Waals surface area contributed by atoms with Crippen molar-refractivity contribution in [1.29, 1.82) is 0 Å². The molecule has 0 bridgehead atoms. The van der Waals surface area contributed by atoms with Gasteiger partial charge in [0.2, 0.25) is 0 Å². The van der Waals surface area contributed by atoms with Crippen LogP contribution in [0.1, 0.15) is 16.8 Å². The van der Waals surface area contributed by atoms with Crippen LogP contribution in [0.5, 0.6) is 5.75 Å². The third-order valence-electron chi connectivity index (χ3n) is 1.64. The highest BCUT2D eigenvalue weighted by atomic mass is 32.1. The molecule has 0 aromatic heterocycles. The summed E-state index contributed by atoms with van der Waals surface area (Å²) in [6, 6.07) is 5.44. The lowest BCUT2D eigenvalue weighted by molar-refractivity contribution is -0.255. The summed E-state index contributed by atoms with van der Waals surface area (Å²) in [7, 11) is 0. The van der Waals surface area contributed by atoms with Crippen LogP contribution >= 0.6 is 12.6 Å². The molecule has 0 amide bonds. The van der Waals surface area contributed by atoms with E-state index in [0.29, 0.717) is 11.5 Å². The molecule has 1 rings (SSSR count). The second kappa shape index (κ2) is 5.41. The number of ether oxygens (including phenoxy) is 1. The molecule has 0 saturated carbocycles. The maximum atomic E-state index is 11.0. The van der Waals surface area contributed by atoms with Gasteiger partial charge >= 0.3 is 5.97 Å². The molecule has 0 heterocycles. The summed E-state index contributed by atoms with van der Waals surface area (Å²) >= 11 is 3.88. The van der Waals surface area contributed by atoms with Crippen LogP contribution in [0.25, 0.3) is 0 Å². The van der Waals surface area contributed by atoms with Crippen LogP contribution in [0, 0.1) is 0 Å². The first-order chi connectivity index (χ1) is 7.13. The summed E-state index contributed by atoms with van der Waals surface area (Å²) in [4.78, 5) is 21.4.